The highest BCUT2D eigenvalue weighted by Crippen LogP contribution is 2.32. The van der Waals surface area contributed by atoms with Gasteiger partial charge in [-0.2, -0.15) is 22.6 Å². The number of hydrogen-bond acceptors (Lipinski definition) is 4. The smallest absolute Gasteiger partial charge is 0.326 e. The maximum absolute atomic E-state index is 13.0. The van der Waals surface area contributed by atoms with Gasteiger partial charge in [0.25, 0.3) is 0 Å². The van der Waals surface area contributed by atoms with E-state index in [2.05, 4.69) is 15.5 Å². The molecule has 0 saturated carbocycles. The Hall–Kier alpha value is -3.18. The highest BCUT2D eigenvalue weighted by Gasteiger charge is 2.35. The second-order valence-electron chi connectivity index (χ2n) is 7.74. The Bertz CT molecular complexity index is 1240. The van der Waals surface area contributed by atoms with Gasteiger partial charge in [0.2, 0.25) is 15.9 Å². The molecule has 0 aliphatic carbocycles. The van der Waals surface area contributed by atoms with Crippen LogP contribution in [0.25, 0.3) is 11.3 Å². The van der Waals surface area contributed by atoms with Crippen molar-refractivity contribution in [3.63, 3.8) is 0 Å². The fourth-order valence-electron chi connectivity index (χ4n) is 3.77. The van der Waals surface area contributed by atoms with E-state index in [1.165, 1.54) is 0 Å². The number of anilines is 1. The van der Waals surface area contributed by atoms with Crippen LogP contribution in [0, 0.1) is 5.92 Å². The number of piperidine rings is 1. The Morgan fingerprint density at radius 2 is 1.79 bits per heavy atom. The standard InChI is InChI=1S/C22H21F3N4O3S/c23-22(24,25)17-4-2-6-19(14-17)33(31,32)29-11-8-15(9-12-29)21(30)27-18-5-1-3-16(13-18)20-7-10-26-28-20/h1-7,10,13-15H,8-9,11-12H2,(H,26,28)(H,27,30). The lowest BCUT2D eigenvalue weighted by Crippen LogP contribution is -2.41. The average molecular weight is 478 g/mol. The minimum Gasteiger partial charge on any atom is -0.326 e. The van der Waals surface area contributed by atoms with E-state index in [1.54, 1.807) is 24.4 Å². The first-order valence-corrected chi connectivity index (χ1v) is 11.7. The van der Waals surface area contributed by atoms with Gasteiger partial charge in [-0.25, -0.2) is 8.42 Å². The van der Waals surface area contributed by atoms with Gasteiger partial charge in [-0.3, -0.25) is 9.89 Å². The zero-order chi connectivity index (χ0) is 23.6. The number of H-pyrrole nitrogens is 1. The van der Waals surface area contributed by atoms with Crippen molar-refractivity contribution in [2.75, 3.05) is 18.4 Å². The van der Waals surface area contributed by atoms with Crippen molar-refractivity contribution in [2.24, 2.45) is 5.92 Å². The Balaban J connectivity index is 1.40. The van der Waals surface area contributed by atoms with Crippen molar-refractivity contribution >= 4 is 21.6 Å². The van der Waals surface area contributed by atoms with E-state index in [0.717, 1.165) is 33.8 Å². The van der Waals surface area contributed by atoms with Crippen molar-refractivity contribution < 1.29 is 26.4 Å². The molecule has 0 bridgehead atoms. The third kappa shape index (κ3) is 5.09. The van der Waals surface area contributed by atoms with Crippen LogP contribution < -0.4 is 5.32 Å². The number of aromatic amines is 1. The van der Waals surface area contributed by atoms with E-state index >= 15 is 0 Å². The number of carbonyl (C=O) groups excluding carboxylic acids is 1. The Morgan fingerprint density at radius 1 is 1.06 bits per heavy atom. The van der Waals surface area contributed by atoms with Gasteiger partial charge >= 0.3 is 6.18 Å². The summed E-state index contributed by atoms with van der Waals surface area (Å²) in [6.45, 7) is 0.0930. The average Bonchev–Trinajstić information content (AvgIpc) is 3.34. The molecule has 7 nitrogen and oxygen atoms in total. The lowest BCUT2D eigenvalue weighted by atomic mass is 9.97. The van der Waals surface area contributed by atoms with E-state index in [-0.39, 0.29) is 31.8 Å². The van der Waals surface area contributed by atoms with Gasteiger partial charge < -0.3 is 5.32 Å². The Morgan fingerprint density at radius 3 is 2.45 bits per heavy atom. The summed E-state index contributed by atoms with van der Waals surface area (Å²) in [7, 11) is -4.09. The van der Waals surface area contributed by atoms with Crippen molar-refractivity contribution in [1.82, 2.24) is 14.5 Å². The van der Waals surface area contributed by atoms with Crippen LogP contribution in [0.4, 0.5) is 18.9 Å². The topological polar surface area (TPSA) is 95.2 Å². The molecule has 1 aliphatic rings. The van der Waals surface area contributed by atoms with E-state index < -0.39 is 32.6 Å². The molecule has 1 fully saturated rings. The molecule has 3 aromatic rings. The normalized spacial score (nSPS) is 16.0. The van der Waals surface area contributed by atoms with Crippen molar-refractivity contribution in [3.8, 4) is 11.3 Å². The number of nitrogens with one attached hydrogen (secondary N) is 2. The summed E-state index contributed by atoms with van der Waals surface area (Å²) in [5, 5.41) is 9.62. The fourth-order valence-corrected chi connectivity index (χ4v) is 5.28. The number of rotatable bonds is 5. The number of nitrogens with zero attached hydrogens (tertiary/aromatic N) is 2. The quantitative estimate of drug-likeness (QED) is 0.576. The summed E-state index contributed by atoms with van der Waals surface area (Å²) in [6, 6.07) is 12.7. The molecule has 33 heavy (non-hydrogen) atoms. The molecule has 2 heterocycles. The summed E-state index contributed by atoms with van der Waals surface area (Å²) in [4.78, 5) is 12.3. The molecule has 2 aromatic carbocycles. The van der Waals surface area contributed by atoms with Crippen LogP contribution in [0.1, 0.15) is 18.4 Å². The minimum atomic E-state index is -4.63. The van der Waals surface area contributed by atoms with Gasteiger partial charge in [0, 0.05) is 36.5 Å². The van der Waals surface area contributed by atoms with Crippen molar-refractivity contribution in [2.45, 2.75) is 23.9 Å². The van der Waals surface area contributed by atoms with E-state index in [4.69, 9.17) is 0 Å². The number of hydrogen-bond donors (Lipinski definition) is 2. The zero-order valence-corrected chi connectivity index (χ0v) is 18.2. The highest BCUT2D eigenvalue weighted by atomic mass is 32.2. The third-order valence-corrected chi connectivity index (χ3v) is 7.46. The monoisotopic (exact) mass is 478 g/mol. The molecule has 0 atom stereocenters. The minimum absolute atomic E-state index is 0.0465. The number of amides is 1. The Labute approximate surface area is 188 Å². The molecule has 174 valence electrons. The number of aromatic nitrogens is 2. The van der Waals surface area contributed by atoms with Crippen molar-refractivity contribution in [1.29, 1.82) is 0 Å². The molecule has 11 heteroatoms. The molecule has 0 unspecified atom stereocenters. The van der Waals surface area contributed by atoms with E-state index in [0.29, 0.717) is 11.8 Å². The van der Waals surface area contributed by atoms with Gasteiger partial charge in [0.1, 0.15) is 0 Å². The number of carbonyl (C=O) groups is 1. The second kappa shape index (κ2) is 8.99. The van der Waals surface area contributed by atoms with Crippen LogP contribution in [-0.2, 0) is 21.0 Å². The summed E-state index contributed by atoms with van der Waals surface area (Å²) in [6.07, 6.45) is -2.47. The van der Waals surface area contributed by atoms with E-state index in [9.17, 15) is 26.4 Å². The summed E-state index contributed by atoms with van der Waals surface area (Å²) >= 11 is 0. The Kier molecular flexibility index (Phi) is 6.26. The molecule has 1 aliphatic heterocycles. The van der Waals surface area contributed by atoms with Gasteiger partial charge in [-0.1, -0.05) is 18.2 Å². The van der Waals surface area contributed by atoms with Gasteiger partial charge in [-0.05, 0) is 49.2 Å². The predicted molar refractivity (Wildman–Crippen MR) is 116 cm³/mol. The number of alkyl halides is 3. The van der Waals surface area contributed by atoms with Crippen LogP contribution in [0.15, 0.2) is 65.7 Å². The van der Waals surface area contributed by atoms with Crippen LogP contribution in [0.3, 0.4) is 0 Å². The third-order valence-electron chi connectivity index (χ3n) is 5.57. The second-order valence-corrected chi connectivity index (χ2v) is 9.68. The van der Waals surface area contributed by atoms with Crippen molar-refractivity contribution in [3.05, 3.63) is 66.4 Å². The lowest BCUT2D eigenvalue weighted by Gasteiger charge is -2.30. The van der Waals surface area contributed by atoms with Crippen LogP contribution in [0.5, 0.6) is 0 Å². The summed E-state index contributed by atoms with van der Waals surface area (Å²) in [5.41, 5.74) is 1.24. The molecule has 1 aromatic heterocycles. The number of benzene rings is 2. The summed E-state index contributed by atoms with van der Waals surface area (Å²) < 4.78 is 65.7. The molecule has 1 amide bonds. The maximum Gasteiger partial charge on any atom is 0.416 e. The number of halogens is 3. The SMILES string of the molecule is O=C(Nc1cccc(-c2ccn[nH]2)c1)C1CCN(S(=O)(=O)c2cccc(C(F)(F)F)c2)CC1. The molecule has 2 N–H and O–H groups in total. The van der Waals surface area contributed by atoms with Gasteiger partial charge in [0.05, 0.1) is 16.2 Å². The molecular weight excluding hydrogens is 457 g/mol. The number of sulfonamides is 1. The predicted octanol–water partition coefficient (Wildman–Crippen LogP) is 4.13. The molecule has 1 saturated heterocycles. The van der Waals surface area contributed by atoms with Gasteiger partial charge in [0.15, 0.2) is 0 Å². The molecular formula is C22H21F3N4O3S. The molecule has 0 radical (unpaired) electrons. The first-order chi connectivity index (χ1) is 15.6. The highest BCUT2D eigenvalue weighted by molar-refractivity contribution is 7.89. The first-order valence-electron chi connectivity index (χ1n) is 10.2. The van der Waals surface area contributed by atoms with Crippen LogP contribution >= 0.6 is 0 Å². The van der Waals surface area contributed by atoms with Gasteiger partial charge in [-0.15, -0.1) is 0 Å². The van der Waals surface area contributed by atoms with Crippen LogP contribution in [-0.4, -0.2) is 41.9 Å². The van der Waals surface area contributed by atoms with E-state index in [1.807, 2.05) is 12.1 Å². The molecule has 4 rings (SSSR count). The fraction of sp³-hybridized carbons (Fsp3) is 0.273. The first kappa shape index (κ1) is 23.0. The van der Waals surface area contributed by atoms with Crippen LogP contribution in [0.2, 0.25) is 0 Å². The zero-order valence-electron chi connectivity index (χ0n) is 17.3. The molecule has 0 spiro atoms. The summed E-state index contributed by atoms with van der Waals surface area (Å²) in [5.74, 6) is -0.637. The largest absolute Gasteiger partial charge is 0.416 e. The maximum atomic E-state index is 13.0. The lowest BCUT2D eigenvalue weighted by molar-refractivity contribution is -0.137.